The van der Waals surface area contributed by atoms with Gasteiger partial charge in [-0.05, 0) is 30.0 Å². The van der Waals surface area contributed by atoms with E-state index in [1.807, 2.05) is 30.5 Å². The molecule has 0 bridgehead atoms. The summed E-state index contributed by atoms with van der Waals surface area (Å²) in [5, 5.41) is 4.09. The molecule has 2 heterocycles. The molecule has 1 fully saturated rings. The molecule has 0 aliphatic carbocycles. The molecular formula is C14H16N2O2. The fraction of sp³-hybridized carbons (Fsp3) is 0.357. The Morgan fingerprint density at radius 1 is 1.44 bits per heavy atom. The largest absolute Gasteiger partial charge is 0.381 e. The minimum absolute atomic E-state index is 0.0154. The Labute approximate surface area is 105 Å². The van der Waals surface area contributed by atoms with Crippen LogP contribution in [-0.2, 0) is 4.74 Å². The minimum Gasteiger partial charge on any atom is -0.381 e. The average Bonchev–Trinajstić information content (AvgIpc) is 3.05. The summed E-state index contributed by atoms with van der Waals surface area (Å²) in [5.74, 6) is 0.446. The second-order valence-electron chi connectivity index (χ2n) is 4.72. The topological polar surface area (TPSA) is 54.1 Å². The van der Waals surface area contributed by atoms with E-state index in [1.54, 1.807) is 0 Å². The van der Waals surface area contributed by atoms with Crippen molar-refractivity contribution in [3.05, 3.63) is 36.0 Å². The maximum absolute atomic E-state index is 12.0. The number of benzene rings is 1. The van der Waals surface area contributed by atoms with Gasteiger partial charge in [-0.15, -0.1) is 0 Å². The van der Waals surface area contributed by atoms with Crippen molar-refractivity contribution in [3.8, 4) is 0 Å². The van der Waals surface area contributed by atoms with E-state index in [2.05, 4.69) is 10.3 Å². The molecule has 1 atom stereocenters. The van der Waals surface area contributed by atoms with E-state index in [1.165, 1.54) is 0 Å². The molecule has 3 rings (SSSR count). The Balaban J connectivity index is 1.67. The van der Waals surface area contributed by atoms with E-state index < -0.39 is 0 Å². The standard InChI is InChI=1S/C14H16N2O2/c17-14(16-8-10-4-6-18-9-10)12-2-1-11-3-5-15-13(11)7-12/h1-3,5,7,10,15H,4,6,8-9H2,(H,16,17). The number of hydrogen-bond acceptors (Lipinski definition) is 2. The molecule has 1 aliphatic rings. The third-order valence-electron chi connectivity index (χ3n) is 3.39. The first-order valence-corrected chi connectivity index (χ1v) is 6.26. The van der Waals surface area contributed by atoms with Crippen molar-refractivity contribution in [2.75, 3.05) is 19.8 Å². The van der Waals surface area contributed by atoms with Crippen molar-refractivity contribution in [3.63, 3.8) is 0 Å². The summed E-state index contributed by atoms with van der Waals surface area (Å²) < 4.78 is 5.29. The number of carbonyl (C=O) groups excluding carboxylic acids is 1. The lowest BCUT2D eigenvalue weighted by atomic mass is 10.1. The number of aromatic amines is 1. The number of hydrogen-bond donors (Lipinski definition) is 2. The zero-order valence-corrected chi connectivity index (χ0v) is 10.1. The van der Waals surface area contributed by atoms with Crippen LogP contribution in [0.2, 0.25) is 0 Å². The van der Waals surface area contributed by atoms with Crippen molar-refractivity contribution < 1.29 is 9.53 Å². The van der Waals surface area contributed by atoms with E-state index in [4.69, 9.17) is 4.74 Å². The van der Waals surface area contributed by atoms with Crippen LogP contribution in [0.4, 0.5) is 0 Å². The Bertz CT molecular complexity index is 556. The summed E-state index contributed by atoms with van der Waals surface area (Å²) in [5.41, 5.74) is 1.69. The van der Waals surface area contributed by atoms with Crippen LogP contribution >= 0.6 is 0 Å². The van der Waals surface area contributed by atoms with Crippen molar-refractivity contribution in [2.45, 2.75) is 6.42 Å². The van der Waals surface area contributed by atoms with Crippen LogP contribution in [0.25, 0.3) is 10.9 Å². The van der Waals surface area contributed by atoms with E-state index in [9.17, 15) is 4.79 Å². The van der Waals surface area contributed by atoms with Crippen molar-refractivity contribution in [1.82, 2.24) is 10.3 Å². The Kier molecular flexibility index (Phi) is 3.02. The maximum atomic E-state index is 12.0. The number of rotatable bonds is 3. The highest BCUT2D eigenvalue weighted by molar-refractivity contribution is 5.97. The molecule has 94 valence electrons. The second kappa shape index (κ2) is 4.82. The molecule has 1 amide bonds. The Morgan fingerprint density at radius 2 is 2.39 bits per heavy atom. The van der Waals surface area contributed by atoms with Crippen molar-refractivity contribution >= 4 is 16.8 Å². The number of nitrogens with one attached hydrogen (secondary N) is 2. The predicted octanol–water partition coefficient (Wildman–Crippen LogP) is 1.93. The number of ether oxygens (including phenoxy) is 1. The maximum Gasteiger partial charge on any atom is 0.251 e. The van der Waals surface area contributed by atoms with Crippen LogP contribution < -0.4 is 5.32 Å². The Hall–Kier alpha value is -1.81. The molecule has 0 saturated carbocycles. The molecular weight excluding hydrogens is 228 g/mol. The number of amides is 1. The summed E-state index contributed by atoms with van der Waals surface area (Å²) in [6.45, 7) is 2.27. The highest BCUT2D eigenvalue weighted by Crippen LogP contribution is 2.15. The lowest BCUT2D eigenvalue weighted by molar-refractivity contribution is 0.0945. The van der Waals surface area contributed by atoms with Gasteiger partial charge in [0, 0.05) is 36.3 Å². The van der Waals surface area contributed by atoms with Gasteiger partial charge in [0.05, 0.1) is 6.61 Å². The minimum atomic E-state index is -0.0154. The molecule has 1 unspecified atom stereocenters. The number of H-pyrrole nitrogens is 1. The molecule has 2 N–H and O–H groups in total. The average molecular weight is 244 g/mol. The van der Waals surface area contributed by atoms with E-state index in [-0.39, 0.29) is 5.91 Å². The zero-order chi connectivity index (χ0) is 12.4. The smallest absolute Gasteiger partial charge is 0.251 e. The molecule has 1 aliphatic heterocycles. The van der Waals surface area contributed by atoms with Gasteiger partial charge in [0.2, 0.25) is 0 Å². The summed E-state index contributed by atoms with van der Waals surface area (Å²) in [4.78, 5) is 15.1. The van der Waals surface area contributed by atoms with Crippen LogP contribution in [0, 0.1) is 5.92 Å². The van der Waals surface area contributed by atoms with E-state index in [0.29, 0.717) is 18.0 Å². The highest BCUT2D eigenvalue weighted by Gasteiger charge is 2.16. The van der Waals surface area contributed by atoms with Crippen LogP contribution in [0.1, 0.15) is 16.8 Å². The quantitative estimate of drug-likeness (QED) is 0.866. The summed E-state index contributed by atoms with van der Waals surface area (Å²) >= 11 is 0. The van der Waals surface area contributed by atoms with Crippen LogP contribution in [0.15, 0.2) is 30.5 Å². The SMILES string of the molecule is O=C(NCC1CCOC1)c1ccc2cc[nH]c2c1. The molecule has 18 heavy (non-hydrogen) atoms. The Morgan fingerprint density at radius 3 is 3.22 bits per heavy atom. The number of carbonyl (C=O) groups is 1. The monoisotopic (exact) mass is 244 g/mol. The third kappa shape index (κ3) is 2.24. The molecule has 1 aromatic heterocycles. The van der Waals surface area contributed by atoms with Gasteiger partial charge in [0.25, 0.3) is 5.91 Å². The lowest BCUT2D eigenvalue weighted by Crippen LogP contribution is -2.29. The third-order valence-corrected chi connectivity index (χ3v) is 3.39. The van der Waals surface area contributed by atoms with Gasteiger partial charge in [0.15, 0.2) is 0 Å². The second-order valence-corrected chi connectivity index (χ2v) is 4.72. The van der Waals surface area contributed by atoms with Gasteiger partial charge in [0.1, 0.15) is 0 Å². The van der Waals surface area contributed by atoms with Crippen LogP contribution in [-0.4, -0.2) is 30.6 Å². The zero-order valence-electron chi connectivity index (χ0n) is 10.1. The molecule has 0 spiro atoms. The lowest BCUT2D eigenvalue weighted by Gasteiger charge is -2.09. The van der Waals surface area contributed by atoms with Crippen molar-refractivity contribution in [1.29, 1.82) is 0 Å². The van der Waals surface area contributed by atoms with Gasteiger partial charge < -0.3 is 15.0 Å². The van der Waals surface area contributed by atoms with E-state index >= 15 is 0 Å². The van der Waals surface area contributed by atoms with Gasteiger partial charge in [-0.25, -0.2) is 0 Å². The first-order valence-electron chi connectivity index (χ1n) is 6.26. The molecule has 4 nitrogen and oxygen atoms in total. The first kappa shape index (κ1) is 11.3. The number of aromatic nitrogens is 1. The van der Waals surface area contributed by atoms with Gasteiger partial charge in [-0.2, -0.15) is 0 Å². The van der Waals surface area contributed by atoms with Crippen molar-refractivity contribution in [2.24, 2.45) is 5.92 Å². The summed E-state index contributed by atoms with van der Waals surface area (Å²) in [6, 6.07) is 7.69. The van der Waals surface area contributed by atoms with Crippen LogP contribution in [0.3, 0.4) is 0 Å². The molecule has 4 heteroatoms. The van der Waals surface area contributed by atoms with E-state index in [0.717, 1.165) is 30.5 Å². The molecule has 0 radical (unpaired) electrons. The van der Waals surface area contributed by atoms with Gasteiger partial charge >= 0.3 is 0 Å². The normalized spacial score (nSPS) is 19.2. The predicted molar refractivity (Wildman–Crippen MR) is 69.6 cm³/mol. The number of fused-ring (bicyclic) bond motifs is 1. The first-order chi connectivity index (χ1) is 8.83. The van der Waals surface area contributed by atoms with Gasteiger partial charge in [-0.3, -0.25) is 4.79 Å². The van der Waals surface area contributed by atoms with Gasteiger partial charge in [-0.1, -0.05) is 6.07 Å². The van der Waals surface area contributed by atoms with Crippen LogP contribution in [0.5, 0.6) is 0 Å². The molecule has 1 saturated heterocycles. The molecule has 2 aromatic rings. The summed E-state index contributed by atoms with van der Waals surface area (Å²) in [6.07, 6.45) is 2.91. The highest BCUT2D eigenvalue weighted by atomic mass is 16.5. The fourth-order valence-electron chi connectivity index (χ4n) is 2.27. The summed E-state index contributed by atoms with van der Waals surface area (Å²) in [7, 11) is 0. The fourth-order valence-corrected chi connectivity index (χ4v) is 2.27. The molecule has 1 aromatic carbocycles.